The van der Waals surface area contributed by atoms with E-state index in [0.717, 1.165) is 12.0 Å². The number of carboxylic acid groups (broad SMARTS) is 1. The van der Waals surface area contributed by atoms with Gasteiger partial charge in [0.2, 0.25) is 5.91 Å². The number of benzene rings is 2. The summed E-state index contributed by atoms with van der Waals surface area (Å²) < 4.78 is 0. The van der Waals surface area contributed by atoms with Crippen LogP contribution in [0.25, 0.3) is 0 Å². The molecule has 0 bridgehead atoms. The summed E-state index contributed by atoms with van der Waals surface area (Å²) in [5.74, 6) is -1.08. The van der Waals surface area contributed by atoms with Crippen molar-refractivity contribution in [1.29, 1.82) is 0 Å². The molecule has 124 valence electrons. The topological polar surface area (TPSA) is 66.4 Å². The van der Waals surface area contributed by atoms with Crippen LogP contribution in [0.3, 0.4) is 0 Å². The summed E-state index contributed by atoms with van der Waals surface area (Å²) in [7, 11) is 0. The molecule has 2 unspecified atom stereocenters. The molecule has 0 saturated heterocycles. The fraction of sp³-hybridized carbons (Fsp3) is 0.300. The molecule has 2 N–H and O–H groups in total. The Morgan fingerprint density at radius 3 is 2.46 bits per heavy atom. The van der Waals surface area contributed by atoms with Gasteiger partial charge in [-0.1, -0.05) is 54.6 Å². The average molecular weight is 323 g/mol. The number of hydrogen-bond donors (Lipinski definition) is 2. The van der Waals surface area contributed by atoms with Gasteiger partial charge in [-0.3, -0.25) is 4.79 Å². The summed E-state index contributed by atoms with van der Waals surface area (Å²) in [6.07, 6.45) is 1.08. The molecule has 24 heavy (non-hydrogen) atoms. The molecular formula is C20H21NO3. The minimum atomic E-state index is -1.000. The molecule has 0 radical (unpaired) electrons. The van der Waals surface area contributed by atoms with Crippen molar-refractivity contribution >= 4 is 11.9 Å². The number of carbonyl (C=O) groups is 2. The second-order valence-electron chi connectivity index (χ2n) is 6.39. The van der Waals surface area contributed by atoms with Gasteiger partial charge in [-0.2, -0.15) is 0 Å². The highest BCUT2D eigenvalue weighted by molar-refractivity contribution is 5.87. The van der Waals surface area contributed by atoms with E-state index in [2.05, 4.69) is 5.32 Å². The smallest absolute Gasteiger partial charge is 0.326 e. The van der Waals surface area contributed by atoms with E-state index in [4.69, 9.17) is 0 Å². The number of hydrogen-bond acceptors (Lipinski definition) is 2. The van der Waals surface area contributed by atoms with Gasteiger partial charge in [-0.15, -0.1) is 0 Å². The van der Waals surface area contributed by atoms with Gasteiger partial charge >= 0.3 is 5.97 Å². The molecule has 1 aliphatic rings. The normalized spacial score (nSPS) is 20.2. The SMILES string of the molecule is Cc1ccccc1C1CC1C(=O)N[C@@H](Cc1ccccc1)C(=O)O. The zero-order valence-electron chi connectivity index (χ0n) is 13.6. The third-order valence-electron chi connectivity index (χ3n) is 4.61. The molecular weight excluding hydrogens is 302 g/mol. The molecule has 1 saturated carbocycles. The van der Waals surface area contributed by atoms with Crippen molar-refractivity contribution in [2.75, 3.05) is 0 Å². The Labute approximate surface area is 141 Å². The molecule has 0 aromatic heterocycles. The summed E-state index contributed by atoms with van der Waals surface area (Å²) in [4.78, 5) is 23.9. The first-order valence-corrected chi connectivity index (χ1v) is 8.19. The Bertz CT molecular complexity index is 742. The van der Waals surface area contributed by atoms with Crippen molar-refractivity contribution in [3.8, 4) is 0 Å². The molecule has 1 fully saturated rings. The summed E-state index contributed by atoms with van der Waals surface area (Å²) in [6.45, 7) is 2.04. The number of carbonyl (C=O) groups excluding carboxylic acids is 1. The van der Waals surface area contributed by atoms with Gasteiger partial charge in [-0.05, 0) is 36.0 Å². The van der Waals surface area contributed by atoms with Crippen LogP contribution < -0.4 is 5.32 Å². The van der Waals surface area contributed by atoms with E-state index in [0.29, 0.717) is 6.42 Å². The minimum Gasteiger partial charge on any atom is -0.480 e. The van der Waals surface area contributed by atoms with Crippen molar-refractivity contribution in [2.45, 2.75) is 31.7 Å². The zero-order valence-corrected chi connectivity index (χ0v) is 13.6. The quantitative estimate of drug-likeness (QED) is 0.859. The first kappa shape index (κ1) is 16.2. The number of aryl methyl sites for hydroxylation is 1. The molecule has 1 amide bonds. The van der Waals surface area contributed by atoms with Crippen LogP contribution in [0.2, 0.25) is 0 Å². The average Bonchev–Trinajstić information content (AvgIpc) is 3.36. The standard InChI is InChI=1S/C20H21NO3/c1-13-7-5-6-10-15(13)16-12-17(16)19(22)21-18(20(23)24)11-14-8-3-2-4-9-14/h2-10,16-18H,11-12H2,1H3,(H,21,22)(H,23,24)/t16?,17?,18-/m0/s1. The predicted octanol–water partition coefficient (Wildman–Crippen LogP) is 2.91. The maximum Gasteiger partial charge on any atom is 0.326 e. The molecule has 4 heteroatoms. The van der Waals surface area contributed by atoms with E-state index >= 15 is 0 Å². The number of rotatable bonds is 6. The number of nitrogens with one attached hydrogen (secondary N) is 1. The van der Waals surface area contributed by atoms with Crippen molar-refractivity contribution in [3.63, 3.8) is 0 Å². The fourth-order valence-electron chi connectivity index (χ4n) is 3.16. The van der Waals surface area contributed by atoms with Crippen LogP contribution in [-0.4, -0.2) is 23.0 Å². The molecule has 1 aliphatic carbocycles. The van der Waals surface area contributed by atoms with Crippen LogP contribution in [0, 0.1) is 12.8 Å². The lowest BCUT2D eigenvalue weighted by atomic mass is 10.0. The summed E-state index contributed by atoms with van der Waals surface area (Å²) in [5, 5.41) is 12.1. The first-order chi connectivity index (χ1) is 11.6. The van der Waals surface area contributed by atoms with Crippen molar-refractivity contribution in [1.82, 2.24) is 5.32 Å². The van der Waals surface area contributed by atoms with Gasteiger partial charge < -0.3 is 10.4 Å². The lowest BCUT2D eigenvalue weighted by Crippen LogP contribution is -2.43. The van der Waals surface area contributed by atoms with Crippen molar-refractivity contribution in [2.24, 2.45) is 5.92 Å². The zero-order chi connectivity index (χ0) is 17.1. The van der Waals surface area contributed by atoms with E-state index < -0.39 is 12.0 Å². The van der Waals surface area contributed by atoms with Crippen molar-refractivity contribution < 1.29 is 14.7 Å². The maximum absolute atomic E-state index is 12.4. The summed E-state index contributed by atoms with van der Waals surface area (Å²) in [5.41, 5.74) is 3.26. The highest BCUT2D eigenvalue weighted by Gasteiger charge is 2.45. The molecule has 0 aliphatic heterocycles. The van der Waals surface area contributed by atoms with Crippen LogP contribution in [0.4, 0.5) is 0 Å². The Kier molecular flexibility index (Phi) is 4.65. The van der Waals surface area contributed by atoms with E-state index in [1.54, 1.807) is 0 Å². The van der Waals surface area contributed by atoms with Gasteiger partial charge in [0.1, 0.15) is 6.04 Å². The Morgan fingerprint density at radius 1 is 1.12 bits per heavy atom. The van der Waals surface area contributed by atoms with Gasteiger partial charge in [0.15, 0.2) is 0 Å². The monoisotopic (exact) mass is 323 g/mol. The van der Waals surface area contributed by atoms with Gasteiger partial charge in [0.25, 0.3) is 0 Å². The highest BCUT2D eigenvalue weighted by atomic mass is 16.4. The van der Waals surface area contributed by atoms with E-state index in [-0.39, 0.29) is 17.7 Å². The van der Waals surface area contributed by atoms with E-state index in [9.17, 15) is 14.7 Å². The van der Waals surface area contributed by atoms with Crippen LogP contribution in [0.15, 0.2) is 54.6 Å². The third kappa shape index (κ3) is 3.65. The molecule has 3 rings (SSSR count). The van der Waals surface area contributed by atoms with Crippen LogP contribution >= 0.6 is 0 Å². The fourth-order valence-corrected chi connectivity index (χ4v) is 3.16. The Hall–Kier alpha value is -2.62. The van der Waals surface area contributed by atoms with Crippen LogP contribution in [0.5, 0.6) is 0 Å². The lowest BCUT2D eigenvalue weighted by Gasteiger charge is -2.15. The van der Waals surface area contributed by atoms with Gasteiger partial charge in [0, 0.05) is 12.3 Å². The Balaban J connectivity index is 1.63. The van der Waals surface area contributed by atoms with Crippen LogP contribution in [-0.2, 0) is 16.0 Å². The molecule has 2 aromatic carbocycles. The number of carboxylic acids is 1. The molecule has 0 spiro atoms. The third-order valence-corrected chi connectivity index (χ3v) is 4.61. The maximum atomic E-state index is 12.4. The highest BCUT2D eigenvalue weighted by Crippen LogP contribution is 2.48. The second-order valence-corrected chi connectivity index (χ2v) is 6.39. The minimum absolute atomic E-state index is 0.122. The van der Waals surface area contributed by atoms with Crippen molar-refractivity contribution in [3.05, 3.63) is 71.3 Å². The van der Waals surface area contributed by atoms with E-state index in [1.807, 2.05) is 61.5 Å². The van der Waals surface area contributed by atoms with Gasteiger partial charge in [0.05, 0.1) is 0 Å². The largest absolute Gasteiger partial charge is 0.480 e. The van der Waals surface area contributed by atoms with Gasteiger partial charge in [-0.25, -0.2) is 4.79 Å². The molecule has 3 atom stereocenters. The molecule has 4 nitrogen and oxygen atoms in total. The Morgan fingerprint density at radius 2 is 1.79 bits per heavy atom. The second kappa shape index (κ2) is 6.87. The number of amides is 1. The molecule has 0 heterocycles. The lowest BCUT2D eigenvalue weighted by molar-refractivity contribution is -0.142. The first-order valence-electron chi connectivity index (χ1n) is 8.19. The summed E-state index contributed by atoms with van der Waals surface area (Å²) >= 11 is 0. The summed E-state index contributed by atoms with van der Waals surface area (Å²) in [6, 6.07) is 16.5. The predicted molar refractivity (Wildman–Crippen MR) is 91.7 cm³/mol. The van der Waals surface area contributed by atoms with Crippen LogP contribution in [0.1, 0.15) is 29.0 Å². The molecule has 2 aromatic rings. The van der Waals surface area contributed by atoms with E-state index in [1.165, 1.54) is 11.1 Å². The number of aliphatic carboxylic acids is 1.